The van der Waals surface area contributed by atoms with Crippen molar-refractivity contribution in [3.8, 4) is 0 Å². The van der Waals surface area contributed by atoms with Crippen LogP contribution >= 0.6 is 0 Å². The molecule has 0 bridgehead atoms. The second-order valence-corrected chi connectivity index (χ2v) is 7.21. The Balaban J connectivity index is 1.56. The Labute approximate surface area is 155 Å². The largest absolute Gasteiger partial charge is 0.304 e. The Morgan fingerprint density at radius 3 is 2.00 bits per heavy atom. The molecule has 136 valence electrons. The standard InChI is InChI=1S/C21H26N4O/c1-23-12-14-24(15-13-23)16-21(26)22-25-19-8-4-2-6-17(19)10-11-18-7-3-5-9-20(18)25/h2-9H,10-16H2,1H3,(H,22,26). The lowest BCUT2D eigenvalue weighted by Gasteiger charge is -2.33. The zero-order chi connectivity index (χ0) is 17.9. The number of carbonyl (C=O) groups is 1. The topological polar surface area (TPSA) is 38.8 Å². The number of fused-ring (bicyclic) bond motifs is 2. The summed E-state index contributed by atoms with van der Waals surface area (Å²) < 4.78 is 0. The first-order valence-corrected chi connectivity index (χ1v) is 9.37. The van der Waals surface area contributed by atoms with Gasteiger partial charge in [0.25, 0.3) is 5.91 Å². The highest BCUT2D eigenvalue weighted by atomic mass is 16.2. The summed E-state index contributed by atoms with van der Waals surface area (Å²) in [6, 6.07) is 16.7. The Hall–Kier alpha value is -2.37. The molecule has 1 amide bonds. The molecule has 2 aliphatic heterocycles. The number of rotatable bonds is 3. The minimum atomic E-state index is 0.0426. The van der Waals surface area contributed by atoms with Crippen LogP contribution in [0.1, 0.15) is 11.1 Å². The van der Waals surface area contributed by atoms with Gasteiger partial charge in [-0.3, -0.25) is 20.1 Å². The predicted octanol–water partition coefficient (Wildman–Crippen LogP) is 2.20. The van der Waals surface area contributed by atoms with E-state index in [1.54, 1.807) is 0 Å². The Bertz CT molecular complexity index is 736. The highest BCUT2D eigenvalue weighted by Crippen LogP contribution is 2.34. The molecule has 2 heterocycles. The lowest BCUT2D eigenvalue weighted by atomic mass is 10.0. The number of hydrazine groups is 1. The SMILES string of the molecule is CN1CCN(CC(=O)NN2c3ccccc3CCc3ccccc32)CC1. The van der Waals surface area contributed by atoms with Crippen molar-refractivity contribution in [1.82, 2.24) is 15.2 Å². The van der Waals surface area contributed by atoms with Gasteiger partial charge in [-0.15, -0.1) is 0 Å². The number of hydrogen-bond donors (Lipinski definition) is 1. The number of piperazine rings is 1. The number of benzene rings is 2. The van der Waals surface area contributed by atoms with Crippen LogP contribution in [0.5, 0.6) is 0 Å². The molecule has 0 spiro atoms. The van der Waals surface area contributed by atoms with E-state index in [1.807, 2.05) is 17.1 Å². The number of nitrogens with one attached hydrogen (secondary N) is 1. The Morgan fingerprint density at radius 2 is 1.42 bits per heavy atom. The van der Waals surface area contributed by atoms with E-state index >= 15 is 0 Å². The molecule has 1 fully saturated rings. The van der Waals surface area contributed by atoms with Crippen LogP contribution in [-0.4, -0.2) is 55.5 Å². The van der Waals surface area contributed by atoms with Crippen molar-refractivity contribution < 1.29 is 4.79 Å². The van der Waals surface area contributed by atoms with Gasteiger partial charge < -0.3 is 4.90 Å². The minimum absolute atomic E-state index is 0.0426. The third-order valence-electron chi connectivity index (χ3n) is 5.33. The number of carbonyl (C=O) groups excluding carboxylic acids is 1. The number of likely N-dealkylation sites (N-methyl/N-ethyl adjacent to an activating group) is 1. The molecule has 2 aliphatic rings. The van der Waals surface area contributed by atoms with Gasteiger partial charge >= 0.3 is 0 Å². The molecule has 0 unspecified atom stereocenters. The fourth-order valence-corrected chi connectivity index (χ4v) is 3.77. The van der Waals surface area contributed by atoms with Crippen molar-refractivity contribution in [3.63, 3.8) is 0 Å². The molecule has 5 nitrogen and oxygen atoms in total. The molecule has 0 aromatic heterocycles. The maximum Gasteiger partial charge on any atom is 0.252 e. The monoisotopic (exact) mass is 350 g/mol. The molecule has 5 heteroatoms. The second kappa shape index (κ2) is 7.48. The van der Waals surface area contributed by atoms with Crippen LogP contribution in [0, 0.1) is 0 Å². The van der Waals surface area contributed by atoms with Gasteiger partial charge in [0.05, 0.1) is 17.9 Å². The number of para-hydroxylation sites is 2. The van der Waals surface area contributed by atoms with Crippen molar-refractivity contribution >= 4 is 17.3 Å². The first-order valence-electron chi connectivity index (χ1n) is 9.37. The highest BCUT2D eigenvalue weighted by molar-refractivity contribution is 5.83. The van der Waals surface area contributed by atoms with E-state index < -0.39 is 0 Å². The van der Waals surface area contributed by atoms with Gasteiger partial charge in [0.2, 0.25) is 0 Å². The molecule has 4 rings (SSSR count). The maximum atomic E-state index is 12.8. The van der Waals surface area contributed by atoms with Gasteiger partial charge in [-0.05, 0) is 43.1 Å². The molecule has 1 saturated heterocycles. The van der Waals surface area contributed by atoms with E-state index in [0.717, 1.165) is 50.4 Å². The number of nitrogens with zero attached hydrogens (tertiary/aromatic N) is 3. The molecule has 2 aromatic rings. The van der Waals surface area contributed by atoms with Crippen LogP contribution in [0.3, 0.4) is 0 Å². The molecular weight excluding hydrogens is 324 g/mol. The lowest BCUT2D eigenvalue weighted by Crippen LogP contribution is -2.50. The summed E-state index contributed by atoms with van der Waals surface area (Å²) in [5.74, 6) is 0.0426. The fraction of sp³-hybridized carbons (Fsp3) is 0.381. The van der Waals surface area contributed by atoms with Crippen molar-refractivity contribution in [2.24, 2.45) is 0 Å². The van der Waals surface area contributed by atoms with Crippen LogP contribution in [0.15, 0.2) is 48.5 Å². The van der Waals surface area contributed by atoms with E-state index in [-0.39, 0.29) is 5.91 Å². The third-order valence-corrected chi connectivity index (χ3v) is 5.33. The zero-order valence-electron chi connectivity index (χ0n) is 15.3. The summed E-state index contributed by atoms with van der Waals surface area (Å²) in [6.07, 6.45) is 1.97. The first-order chi connectivity index (χ1) is 12.7. The van der Waals surface area contributed by atoms with Gasteiger partial charge in [-0.1, -0.05) is 36.4 Å². The molecule has 0 aliphatic carbocycles. The summed E-state index contributed by atoms with van der Waals surface area (Å²) in [4.78, 5) is 17.3. The van der Waals surface area contributed by atoms with Gasteiger partial charge in [-0.25, -0.2) is 0 Å². The Kier molecular flexibility index (Phi) is 4.91. The summed E-state index contributed by atoms with van der Waals surface area (Å²) in [6.45, 7) is 4.36. The molecule has 2 aromatic carbocycles. The van der Waals surface area contributed by atoms with E-state index in [4.69, 9.17) is 0 Å². The highest BCUT2D eigenvalue weighted by Gasteiger charge is 2.23. The van der Waals surface area contributed by atoms with E-state index in [2.05, 4.69) is 58.7 Å². The molecule has 0 atom stereocenters. The van der Waals surface area contributed by atoms with Crippen molar-refractivity contribution in [2.45, 2.75) is 12.8 Å². The quantitative estimate of drug-likeness (QED) is 0.921. The van der Waals surface area contributed by atoms with E-state index in [9.17, 15) is 4.79 Å². The normalized spacial score (nSPS) is 18.0. The van der Waals surface area contributed by atoms with Gasteiger partial charge in [0.1, 0.15) is 0 Å². The number of amides is 1. The molecule has 0 radical (unpaired) electrons. The Morgan fingerprint density at radius 1 is 0.885 bits per heavy atom. The molecule has 0 saturated carbocycles. The smallest absolute Gasteiger partial charge is 0.252 e. The van der Waals surface area contributed by atoms with Crippen LogP contribution in [0.4, 0.5) is 11.4 Å². The second-order valence-electron chi connectivity index (χ2n) is 7.21. The zero-order valence-corrected chi connectivity index (χ0v) is 15.3. The van der Waals surface area contributed by atoms with Crippen molar-refractivity contribution in [2.75, 3.05) is 44.8 Å². The molecule has 26 heavy (non-hydrogen) atoms. The maximum absolute atomic E-state index is 12.8. The molecule has 1 N–H and O–H groups in total. The van der Waals surface area contributed by atoms with Crippen molar-refractivity contribution in [3.05, 3.63) is 59.7 Å². The average Bonchev–Trinajstić information content (AvgIpc) is 2.82. The van der Waals surface area contributed by atoms with Crippen LogP contribution in [-0.2, 0) is 17.6 Å². The van der Waals surface area contributed by atoms with Gasteiger partial charge in [-0.2, -0.15) is 0 Å². The predicted molar refractivity (Wildman–Crippen MR) is 105 cm³/mol. The summed E-state index contributed by atoms with van der Waals surface area (Å²) in [5, 5.41) is 1.98. The number of anilines is 2. The summed E-state index contributed by atoms with van der Waals surface area (Å²) in [5.41, 5.74) is 7.85. The number of hydrogen-bond acceptors (Lipinski definition) is 4. The van der Waals surface area contributed by atoms with Crippen molar-refractivity contribution in [1.29, 1.82) is 0 Å². The van der Waals surface area contributed by atoms with Crippen LogP contribution in [0.2, 0.25) is 0 Å². The third kappa shape index (κ3) is 3.59. The van der Waals surface area contributed by atoms with Gasteiger partial charge in [0, 0.05) is 26.2 Å². The minimum Gasteiger partial charge on any atom is -0.304 e. The summed E-state index contributed by atoms with van der Waals surface area (Å²) in [7, 11) is 2.13. The van der Waals surface area contributed by atoms with E-state index in [1.165, 1.54) is 11.1 Å². The van der Waals surface area contributed by atoms with Crippen LogP contribution < -0.4 is 10.4 Å². The molecular formula is C21H26N4O. The fourth-order valence-electron chi connectivity index (χ4n) is 3.77. The van der Waals surface area contributed by atoms with Gasteiger partial charge in [0.15, 0.2) is 0 Å². The average molecular weight is 350 g/mol. The summed E-state index contributed by atoms with van der Waals surface area (Å²) >= 11 is 0. The van der Waals surface area contributed by atoms with E-state index in [0.29, 0.717) is 6.54 Å². The first kappa shape index (κ1) is 17.1. The lowest BCUT2D eigenvalue weighted by molar-refractivity contribution is -0.122. The number of aryl methyl sites for hydroxylation is 2. The van der Waals surface area contributed by atoms with Crippen LogP contribution in [0.25, 0.3) is 0 Å².